The summed E-state index contributed by atoms with van der Waals surface area (Å²) in [6.45, 7) is 9.15. The number of halogens is 1. The van der Waals surface area contributed by atoms with Crippen molar-refractivity contribution in [2.45, 2.75) is 63.9 Å². The second-order valence-corrected chi connectivity index (χ2v) is 16.9. The maximum Gasteiger partial charge on any atom is 0.310 e. The Bertz CT molecular complexity index is 1210. The second kappa shape index (κ2) is 11.7. The Morgan fingerprint density at radius 3 is 2.47 bits per heavy atom. The van der Waals surface area contributed by atoms with Gasteiger partial charge in [0.05, 0.1) is 30.8 Å². The lowest BCUT2D eigenvalue weighted by atomic mass is 9.55. The first-order valence-electron chi connectivity index (χ1n) is 13.2. The van der Waals surface area contributed by atoms with E-state index in [1.807, 2.05) is 13.0 Å². The monoisotopic (exact) mass is 541 g/mol. The number of hydrogen-bond acceptors (Lipinski definition) is 7. The highest BCUT2D eigenvalue weighted by Gasteiger charge is 2.57. The molecule has 5 rings (SSSR count). The summed E-state index contributed by atoms with van der Waals surface area (Å²) in [4.78, 5) is 32.6. The third-order valence-corrected chi connectivity index (χ3v) is 8.87. The Balaban J connectivity index is 1.67. The number of phenols is 1. The number of hydrogen-bond donors (Lipinski definition) is 1. The molecule has 7 nitrogen and oxygen atoms in total. The normalized spacial score (nSPS) is 23.1. The van der Waals surface area contributed by atoms with Gasteiger partial charge in [0.2, 0.25) is 0 Å². The molecule has 0 saturated heterocycles. The van der Waals surface area contributed by atoms with Gasteiger partial charge in [-0.25, -0.2) is 4.39 Å². The average Bonchev–Trinajstić information content (AvgIpc) is 2.86. The summed E-state index contributed by atoms with van der Waals surface area (Å²) in [7, 11) is -1.42. The lowest BCUT2D eigenvalue weighted by molar-refractivity contribution is -0.163. The molecule has 0 radical (unpaired) electrons. The summed E-state index contributed by atoms with van der Waals surface area (Å²) in [5, 5.41) is 14.7. The van der Waals surface area contributed by atoms with Crippen LogP contribution in [0, 0.1) is 17.7 Å². The van der Waals surface area contributed by atoms with E-state index in [2.05, 4.69) is 24.8 Å². The molecule has 0 amide bonds. The van der Waals surface area contributed by atoms with Gasteiger partial charge in [-0.2, -0.15) is 0 Å². The molecule has 9 heteroatoms. The fourth-order valence-corrected chi connectivity index (χ4v) is 6.06. The van der Waals surface area contributed by atoms with Crippen LogP contribution < -0.4 is 0 Å². The maximum absolute atomic E-state index is 13.6. The number of nitrogens with zero attached hydrogens (tertiary/aromatic N) is 1. The quantitative estimate of drug-likeness (QED) is 0.234. The molecule has 2 aromatic rings. The highest BCUT2D eigenvalue weighted by molar-refractivity contribution is 6.76. The Kier molecular flexibility index (Phi) is 8.55. The van der Waals surface area contributed by atoms with E-state index in [9.17, 15) is 19.1 Å². The Morgan fingerprint density at radius 2 is 1.76 bits per heavy atom. The third-order valence-electron chi connectivity index (χ3n) is 7.16. The summed E-state index contributed by atoms with van der Waals surface area (Å²) >= 11 is 0. The maximum atomic E-state index is 13.6. The lowest BCUT2D eigenvalue weighted by Crippen LogP contribution is -2.51. The molecule has 0 spiro atoms. The minimum absolute atomic E-state index is 0.0542. The van der Waals surface area contributed by atoms with E-state index >= 15 is 0 Å². The zero-order valence-corrected chi connectivity index (χ0v) is 23.4. The van der Waals surface area contributed by atoms with Crippen LogP contribution in [0.5, 0.6) is 5.75 Å². The van der Waals surface area contributed by atoms with E-state index in [0.29, 0.717) is 30.7 Å². The second-order valence-electron chi connectivity index (χ2n) is 11.3. The lowest BCUT2D eigenvalue weighted by Gasteiger charge is -2.47. The van der Waals surface area contributed by atoms with E-state index in [0.717, 1.165) is 17.2 Å². The van der Waals surface area contributed by atoms with Gasteiger partial charge in [0.15, 0.2) is 0 Å². The predicted octanol–water partition coefficient (Wildman–Crippen LogP) is 5.76. The molecule has 0 heterocycles. The molecule has 1 fully saturated rings. The Morgan fingerprint density at radius 1 is 1.03 bits per heavy atom. The fourth-order valence-electron chi connectivity index (χ4n) is 5.35. The molecule has 2 aromatic carbocycles. The van der Waals surface area contributed by atoms with Crippen molar-refractivity contribution in [3.8, 4) is 5.75 Å². The first-order valence-corrected chi connectivity index (χ1v) is 16.9. The van der Waals surface area contributed by atoms with E-state index in [1.165, 1.54) is 12.1 Å². The highest BCUT2D eigenvalue weighted by Crippen LogP contribution is 2.56. The fraction of sp³-hybridized carbons (Fsp3) is 0.483. The number of ether oxygens (including phenoxy) is 2. The van der Waals surface area contributed by atoms with Crippen LogP contribution in [-0.2, 0) is 30.5 Å². The van der Waals surface area contributed by atoms with Crippen molar-refractivity contribution in [1.29, 1.82) is 0 Å². The van der Waals surface area contributed by atoms with Crippen LogP contribution in [0.3, 0.4) is 0 Å². The summed E-state index contributed by atoms with van der Waals surface area (Å²) < 4.78 is 24.9. The van der Waals surface area contributed by atoms with Gasteiger partial charge in [0, 0.05) is 19.9 Å². The number of oxime groups is 1. The number of fused-ring (bicyclic) bond motifs is 2. The topological polar surface area (TPSA) is 94.4 Å². The Labute approximate surface area is 224 Å². The van der Waals surface area contributed by atoms with Gasteiger partial charge in [0.25, 0.3) is 0 Å². The van der Waals surface area contributed by atoms with Crippen molar-refractivity contribution in [2.75, 3.05) is 13.2 Å². The van der Waals surface area contributed by atoms with Gasteiger partial charge in [-0.1, -0.05) is 49.9 Å². The average molecular weight is 542 g/mol. The molecule has 0 aromatic heterocycles. The number of carbonyl (C=O) groups is 2. The van der Waals surface area contributed by atoms with Gasteiger partial charge in [0.1, 0.15) is 18.2 Å². The summed E-state index contributed by atoms with van der Waals surface area (Å²) in [6.07, 6.45) is 1.05. The van der Waals surface area contributed by atoms with Crippen molar-refractivity contribution in [3.63, 3.8) is 0 Å². The van der Waals surface area contributed by atoms with E-state index in [1.54, 1.807) is 24.3 Å². The minimum Gasteiger partial charge on any atom is -0.508 e. The standard InChI is InChI=1S/C29H36FNO6Si/c1-5-11-35-29(34)27-25-22-15-20(32)9-10-21(22)23(26(27)28(33)36-12-13-38(2,3)4)16-24(25)31-37-17-18-7-6-8-19(30)14-18/h6-10,14-15,23,25-27,32H,5,11-13,16-17H2,1-4H3/b31-24+/t23?,25-,26-,27-/m1/s1. The predicted molar refractivity (Wildman–Crippen MR) is 144 cm³/mol. The number of benzene rings is 2. The van der Waals surface area contributed by atoms with Crippen molar-refractivity contribution in [3.05, 3.63) is 65.0 Å². The molecule has 3 aliphatic rings. The molecule has 4 atom stereocenters. The van der Waals surface area contributed by atoms with Gasteiger partial charge in [-0.15, -0.1) is 0 Å². The van der Waals surface area contributed by atoms with E-state index in [4.69, 9.17) is 14.3 Å². The summed E-state index contributed by atoms with van der Waals surface area (Å²) in [5.74, 6) is -3.79. The Hall–Kier alpha value is -3.20. The van der Waals surface area contributed by atoms with Crippen molar-refractivity contribution in [2.24, 2.45) is 17.0 Å². The van der Waals surface area contributed by atoms with Crippen LogP contribution in [0.15, 0.2) is 47.6 Å². The van der Waals surface area contributed by atoms with E-state index < -0.39 is 37.8 Å². The van der Waals surface area contributed by atoms with Gasteiger partial charge < -0.3 is 19.4 Å². The summed E-state index contributed by atoms with van der Waals surface area (Å²) in [5.41, 5.74) is 2.84. The van der Waals surface area contributed by atoms with E-state index in [-0.39, 0.29) is 30.7 Å². The molecule has 38 heavy (non-hydrogen) atoms. The molecule has 204 valence electrons. The van der Waals surface area contributed by atoms with Gasteiger partial charge in [-0.3, -0.25) is 9.59 Å². The van der Waals surface area contributed by atoms with Crippen LogP contribution in [-0.4, -0.2) is 44.0 Å². The smallest absolute Gasteiger partial charge is 0.310 e. The zero-order valence-electron chi connectivity index (χ0n) is 22.4. The van der Waals surface area contributed by atoms with Gasteiger partial charge in [-0.05, 0) is 59.8 Å². The molecule has 1 saturated carbocycles. The molecule has 1 N–H and O–H groups in total. The van der Waals surface area contributed by atoms with Crippen LogP contribution in [0.1, 0.15) is 48.3 Å². The van der Waals surface area contributed by atoms with Crippen LogP contribution >= 0.6 is 0 Å². The molecule has 2 bridgehead atoms. The van der Waals surface area contributed by atoms with Crippen molar-refractivity contribution >= 4 is 25.7 Å². The first-order chi connectivity index (χ1) is 18.1. The van der Waals surface area contributed by atoms with Gasteiger partial charge >= 0.3 is 11.9 Å². The third kappa shape index (κ3) is 6.26. The summed E-state index contributed by atoms with van der Waals surface area (Å²) in [6, 6.07) is 11.9. The molecular formula is C29H36FNO6Si. The zero-order chi connectivity index (χ0) is 27.4. The number of carbonyl (C=O) groups excluding carboxylic acids is 2. The number of phenolic OH excluding ortho intramolecular Hbond substituents is 1. The minimum atomic E-state index is -1.42. The molecule has 3 aliphatic carbocycles. The SMILES string of the molecule is CCCOC(=O)[C@H]1[C@H](C(=O)OCC[Si](C)(C)C)C2C/C(=N\OCc3cccc(F)c3)[C@H]1c1cc(O)ccc12. The van der Waals surface area contributed by atoms with Crippen LogP contribution in [0.4, 0.5) is 4.39 Å². The molecule has 1 unspecified atom stereocenters. The highest BCUT2D eigenvalue weighted by atomic mass is 28.3. The number of rotatable bonds is 10. The van der Waals surface area contributed by atoms with Crippen molar-refractivity contribution < 1.29 is 33.4 Å². The number of aromatic hydroxyl groups is 1. The first kappa shape index (κ1) is 27.8. The van der Waals surface area contributed by atoms with Crippen LogP contribution in [0.25, 0.3) is 0 Å². The van der Waals surface area contributed by atoms with Crippen molar-refractivity contribution in [1.82, 2.24) is 0 Å². The molecule has 0 aliphatic heterocycles. The largest absolute Gasteiger partial charge is 0.508 e. The molecular weight excluding hydrogens is 505 g/mol. The number of esters is 2. The van der Waals surface area contributed by atoms with Crippen LogP contribution in [0.2, 0.25) is 25.7 Å².